The van der Waals surface area contributed by atoms with Crippen molar-refractivity contribution in [3.63, 3.8) is 0 Å². The molecular formula is C7H12Cl2N4O2. The van der Waals surface area contributed by atoms with Crippen LogP contribution in [0.25, 0.3) is 0 Å². The summed E-state index contributed by atoms with van der Waals surface area (Å²) in [4.78, 5) is 15.0. The Morgan fingerprint density at radius 1 is 1.60 bits per heavy atom. The Labute approximate surface area is 99.2 Å². The van der Waals surface area contributed by atoms with Crippen molar-refractivity contribution < 1.29 is 9.53 Å². The molecule has 15 heavy (non-hydrogen) atoms. The Bertz CT molecular complexity index is 327. The van der Waals surface area contributed by atoms with Crippen LogP contribution >= 0.6 is 24.8 Å². The minimum absolute atomic E-state index is 0. The molecule has 0 unspecified atom stereocenters. The number of nitrogens with one attached hydrogen (secondary N) is 1. The van der Waals surface area contributed by atoms with Gasteiger partial charge in [-0.1, -0.05) is 0 Å². The van der Waals surface area contributed by atoms with Gasteiger partial charge in [0.25, 0.3) is 0 Å². The Morgan fingerprint density at radius 3 is 2.73 bits per heavy atom. The van der Waals surface area contributed by atoms with E-state index >= 15 is 0 Å². The molecule has 6 nitrogen and oxygen atoms in total. The molecule has 1 aromatic heterocycles. The summed E-state index contributed by atoms with van der Waals surface area (Å²) in [5.74, 6) is -0.168. The predicted octanol–water partition coefficient (Wildman–Crippen LogP) is 0.0526. The minimum Gasteiger partial charge on any atom is -0.463 e. The van der Waals surface area contributed by atoms with Gasteiger partial charge in [-0.05, 0) is 0 Å². The number of carbonyl (C=O) groups excluding carboxylic acids is 1. The lowest BCUT2D eigenvalue weighted by Gasteiger charge is -2.27. The van der Waals surface area contributed by atoms with Gasteiger partial charge in [-0.3, -0.25) is 0 Å². The molecule has 2 heterocycles. The highest BCUT2D eigenvalue weighted by Gasteiger charge is 2.25. The number of halogens is 2. The molecule has 0 amide bonds. The summed E-state index contributed by atoms with van der Waals surface area (Å²) in [5.41, 5.74) is 0. The van der Waals surface area contributed by atoms with Crippen molar-refractivity contribution >= 4 is 30.8 Å². The van der Waals surface area contributed by atoms with E-state index in [9.17, 15) is 4.79 Å². The Hall–Kier alpha value is -0.850. The number of carbonyl (C=O) groups is 1. The smallest absolute Gasteiger partial charge is 0.375 e. The fourth-order valence-electron chi connectivity index (χ4n) is 1.20. The quantitative estimate of drug-likeness (QED) is 0.756. The SMILES string of the molecule is COC(=O)c1ncnn1C1CNC1.Cl.Cl. The zero-order chi connectivity index (χ0) is 9.26. The van der Waals surface area contributed by atoms with Gasteiger partial charge in [0.2, 0.25) is 5.82 Å². The summed E-state index contributed by atoms with van der Waals surface area (Å²) >= 11 is 0. The third-order valence-electron chi connectivity index (χ3n) is 2.05. The molecule has 1 aliphatic rings. The van der Waals surface area contributed by atoms with Crippen molar-refractivity contribution in [2.75, 3.05) is 20.2 Å². The molecule has 0 spiro atoms. The zero-order valence-corrected chi connectivity index (χ0v) is 9.68. The molecule has 86 valence electrons. The number of ether oxygens (including phenoxy) is 1. The lowest BCUT2D eigenvalue weighted by Crippen LogP contribution is -2.44. The molecule has 0 aliphatic carbocycles. The predicted molar refractivity (Wildman–Crippen MR) is 57.8 cm³/mol. The molecule has 0 bridgehead atoms. The number of hydrogen-bond acceptors (Lipinski definition) is 5. The Balaban J connectivity index is 0.000000980. The normalized spacial score (nSPS) is 14.5. The maximum atomic E-state index is 11.2. The van der Waals surface area contributed by atoms with E-state index in [0.29, 0.717) is 0 Å². The second kappa shape index (κ2) is 5.89. The van der Waals surface area contributed by atoms with Crippen molar-refractivity contribution in [1.82, 2.24) is 20.1 Å². The largest absolute Gasteiger partial charge is 0.463 e. The van der Waals surface area contributed by atoms with Crippen LogP contribution < -0.4 is 5.32 Å². The van der Waals surface area contributed by atoms with Gasteiger partial charge in [-0.15, -0.1) is 24.8 Å². The van der Waals surface area contributed by atoms with Crippen molar-refractivity contribution in [1.29, 1.82) is 0 Å². The van der Waals surface area contributed by atoms with Crippen molar-refractivity contribution in [3.05, 3.63) is 12.2 Å². The maximum absolute atomic E-state index is 11.2. The first-order valence-corrected chi connectivity index (χ1v) is 4.01. The highest BCUT2D eigenvalue weighted by molar-refractivity contribution is 5.86. The summed E-state index contributed by atoms with van der Waals surface area (Å²) in [6, 6.07) is 0.233. The third kappa shape index (κ3) is 2.58. The fourth-order valence-corrected chi connectivity index (χ4v) is 1.20. The van der Waals surface area contributed by atoms with Crippen molar-refractivity contribution in [2.45, 2.75) is 6.04 Å². The van der Waals surface area contributed by atoms with Crippen LogP contribution in [-0.2, 0) is 4.74 Å². The summed E-state index contributed by atoms with van der Waals surface area (Å²) < 4.78 is 6.17. The lowest BCUT2D eigenvalue weighted by atomic mass is 10.2. The fraction of sp³-hybridized carbons (Fsp3) is 0.571. The number of nitrogens with zero attached hydrogens (tertiary/aromatic N) is 3. The van der Waals surface area contributed by atoms with Crippen LogP contribution in [-0.4, -0.2) is 40.9 Å². The first-order chi connectivity index (χ1) is 6.33. The molecule has 0 radical (unpaired) electrons. The van der Waals surface area contributed by atoms with E-state index in [4.69, 9.17) is 0 Å². The average Bonchev–Trinajstić information content (AvgIpc) is 2.49. The van der Waals surface area contributed by atoms with Gasteiger partial charge in [-0.2, -0.15) is 5.10 Å². The topological polar surface area (TPSA) is 69.0 Å². The molecule has 1 aliphatic heterocycles. The van der Waals surface area contributed by atoms with Crippen LogP contribution in [0.15, 0.2) is 6.33 Å². The first kappa shape index (κ1) is 14.2. The monoisotopic (exact) mass is 254 g/mol. The second-order valence-electron chi connectivity index (χ2n) is 2.83. The molecule has 0 atom stereocenters. The van der Waals surface area contributed by atoms with Crippen LogP contribution in [0.1, 0.15) is 16.7 Å². The van der Waals surface area contributed by atoms with Crippen LogP contribution in [0, 0.1) is 0 Å². The molecule has 1 fully saturated rings. The number of methoxy groups -OCH3 is 1. The van der Waals surface area contributed by atoms with Gasteiger partial charge in [0.15, 0.2) is 0 Å². The van der Waals surface area contributed by atoms with Gasteiger partial charge in [0, 0.05) is 13.1 Å². The van der Waals surface area contributed by atoms with E-state index in [2.05, 4.69) is 20.1 Å². The summed E-state index contributed by atoms with van der Waals surface area (Å²) in [5, 5.41) is 7.06. The van der Waals surface area contributed by atoms with Crippen molar-refractivity contribution in [3.8, 4) is 0 Å². The highest BCUT2D eigenvalue weighted by Crippen LogP contribution is 2.11. The molecule has 0 aromatic carbocycles. The molecule has 1 saturated heterocycles. The molecular weight excluding hydrogens is 243 g/mol. The van der Waals surface area contributed by atoms with E-state index < -0.39 is 5.97 Å². The molecule has 2 rings (SSSR count). The zero-order valence-electron chi connectivity index (χ0n) is 8.04. The van der Waals surface area contributed by atoms with Gasteiger partial charge in [0.05, 0.1) is 13.2 Å². The molecule has 0 saturated carbocycles. The molecule has 8 heteroatoms. The van der Waals surface area contributed by atoms with E-state index in [-0.39, 0.29) is 36.7 Å². The Morgan fingerprint density at radius 2 is 2.27 bits per heavy atom. The summed E-state index contributed by atoms with van der Waals surface area (Å²) in [6.45, 7) is 1.65. The van der Waals surface area contributed by atoms with Crippen molar-refractivity contribution in [2.24, 2.45) is 0 Å². The Kier molecular flexibility index (Phi) is 5.56. The van der Waals surface area contributed by atoms with Gasteiger partial charge in [-0.25, -0.2) is 14.5 Å². The number of rotatable bonds is 2. The first-order valence-electron chi connectivity index (χ1n) is 4.01. The van der Waals surface area contributed by atoms with Crippen LogP contribution in [0.3, 0.4) is 0 Å². The van der Waals surface area contributed by atoms with Gasteiger partial charge in [0.1, 0.15) is 6.33 Å². The number of hydrogen-bond donors (Lipinski definition) is 1. The van der Waals surface area contributed by atoms with E-state index in [0.717, 1.165) is 13.1 Å². The molecule has 1 aromatic rings. The highest BCUT2D eigenvalue weighted by atomic mass is 35.5. The van der Waals surface area contributed by atoms with E-state index in [1.807, 2.05) is 0 Å². The molecule has 1 N–H and O–H groups in total. The summed E-state index contributed by atoms with van der Waals surface area (Å²) in [6.07, 6.45) is 1.37. The van der Waals surface area contributed by atoms with Gasteiger partial charge < -0.3 is 10.1 Å². The van der Waals surface area contributed by atoms with Crippen LogP contribution in [0.2, 0.25) is 0 Å². The van der Waals surface area contributed by atoms with Crippen LogP contribution in [0.5, 0.6) is 0 Å². The lowest BCUT2D eigenvalue weighted by molar-refractivity contribution is 0.0573. The average molecular weight is 255 g/mol. The number of esters is 1. The van der Waals surface area contributed by atoms with Crippen LogP contribution in [0.4, 0.5) is 0 Å². The maximum Gasteiger partial charge on any atom is 0.375 e. The van der Waals surface area contributed by atoms with Gasteiger partial charge >= 0.3 is 5.97 Å². The second-order valence-corrected chi connectivity index (χ2v) is 2.83. The minimum atomic E-state index is -0.440. The summed E-state index contributed by atoms with van der Waals surface area (Å²) in [7, 11) is 1.33. The third-order valence-corrected chi connectivity index (χ3v) is 2.05. The van der Waals surface area contributed by atoms with E-state index in [1.165, 1.54) is 13.4 Å². The number of aromatic nitrogens is 3. The van der Waals surface area contributed by atoms with E-state index in [1.54, 1.807) is 4.68 Å². The standard InChI is InChI=1S/C7H10N4O2.2ClH/c1-13-7(12)6-9-4-10-11(6)5-2-8-3-5;;/h4-5,8H,2-3H2,1H3;2*1H.